The fourth-order valence-corrected chi connectivity index (χ4v) is 4.49. The first-order valence-corrected chi connectivity index (χ1v) is 9.83. The van der Waals surface area contributed by atoms with Crippen molar-refractivity contribution >= 4 is 56.7 Å². The number of carbonyl (C=O) groups excluding carboxylic acids is 1. The van der Waals surface area contributed by atoms with E-state index in [2.05, 4.69) is 0 Å². The van der Waals surface area contributed by atoms with E-state index < -0.39 is 0 Å². The maximum absolute atomic E-state index is 13.2. The van der Waals surface area contributed by atoms with E-state index in [9.17, 15) is 4.79 Å². The van der Waals surface area contributed by atoms with Crippen LogP contribution in [0.4, 0.5) is 5.69 Å². The molecule has 1 amide bonds. The van der Waals surface area contributed by atoms with Gasteiger partial charge in [0.1, 0.15) is 11.5 Å². The monoisotopic (exact) mass is 407 g/mol. The third-order valence-corrected chi connectivity index (χ3v) is 5.85. The molecule has 0 unspecified atom stereocenters. The largest absolute Gasteiger partial charge is 0.496 e. The van der Waals surface area contributed by atoms with E-state index >= 15 is 0 Å². The lowest BCUT2D eigenvalue weighted by Gasteiger charge is -2.17. The minimum Gasteiger partial charge on any atom is -0.496 e. The summed E-state index contributed by atoms with van der Waals surface area (Å²) in [6, 6.07) is 19.3. The lowest BCUT2D eigenvalue weighted by Crippen LogP contribution is -2.27. The van der Waals surface area contributed by atoms with E-state index in [0.29, 0.717) is 26.4 Å². The van der Waals surface area contributed by atoms with Crippen molar-refractivity contribution in [2.75, 3.05) is 19.1 Å². The summed E-state index contributed by atoms with van der Waals surface area (Å²) < 4.78 is 11.4. The van der Waals surface area contributed by atoms with Gasteiger partial charge in [-0.1, -0.05) is 66.4 Å². The van der Waals surface area contributed by atoms with Gasteiger partial charge in [-0.25, -0.2) is 0 Å². The first-order valence-electron chi connectivity index (χ1n) is 8.60. The van der Waals surface area contributed by atoms with Gasteiger partial charge < -0.3 is 9.47 Å². The summed E-state index contributed by atoms with van der Waals surface area (Å²) in [5.74, 6) is 1.14. The highest BCUT2D eigenvalue weighted by molar-refractivity contribution is 8.27. The number of anilines is 1. The summed E-state index contributed by atoms with van der Waals surface area (Å²) in [6.07, 6.45) is 1.86. The maximum atomic E-state index is 13.2. The molecule has 140 valence electrons. The Morgan fingerprint density at radius 2 is 1.64 bits per heavy atom. The fourth-order valence-electron chi connectivity index (χ4n) is 3.22. The zero-order valence-electron chi connectivity index (χ0n) is 15.3. The highest BCUT2D eigenvalue weighted by atomic mass is 32.2. The number of nitrogens with zero attached hydrogens (tertiary/aromatic N) is 1. The molecule has 1 saturated heterocycles. The van der Waals surface area contributed by atoms with Crippen LogP contribution in [-0.4, -0.2) is 24.4 Å². The van der Waals surface area contributed by atoms with Crippen molar-refractivity contribution in [2.24, 2.45) is 0 Å². The van der Waals surface area contributed by atoms with Crippen molar-refractivity contribution in [3.05, 3.63) is 71.1 Å². The summed E-state index contributed by atoms with van der Waals surface area (Å²) in [4.78, 5) is 15.2. The Morgan fingerprint density at radius 1 is 0.929 bits per heavy atom. The smallest absolute Gasteiger partial charge is 0.270 e. The lowest BCUT2D eigenvalue weighted by molar-refractivity contribution is -0.113. The fraction of sp³-hybridized carbons (Fsp3) is 0.0909. The van der Waals surface area contributed by atoms with E-state index in [-0.39, 0.29) is 5.91 Å². The number of ether oxygens (including phenoxy) is 2. The molecule has 3 aromatic carbocycles. The predicted molar refractivity (Wildman–Crippen MR) is 119 cm³/mol. The molecule has 0 bridgehead atoms. The Morgan fingerprint density at radius 3 is 2.43 bits per heavy atom. The number of rotatable bonds is 4. The van der Waals surface area contributed by atoms with Crippen LogP contribution >= 0.6 is 24.0 Å². The molecule has 0 spiro atoms. The Balaban J connectivity index is 1.82. The first kappa shape index (κ1) is 18.5. The van der Waals surface area contributed by atoms with Gasteiger partial charge in [0.25, 0.3) is 5.91 Å². The summed E-state index contributed by atoms with van der Waals surface area (Å²) in [5.41, 5.74) is 1.50. The van der Waals surface area contributed by atoms with Crippen LogP contribution in [-0.2, 0) is 4.79 Å². The Kier molecular flexibility index (Phi) is 5.07. The average molecular weight is 408 g/mol. The zero-order valence-corrected chi connectivity index (χ0v) is 17.0. The number of fused-ring (bicyclic) bond motifs is 1. The third kappa shape index (κ3) is 3.15. The maximum Gasteiger partial charge on any atom is 0.270 e. The summed E-state index contributed by atoms with van der Waals surface area (Å²) in [6.45, 7) is 0. The van der Waals surface area contributed by atoms with Crippen LogP contribution in [0.15, 0.2) is 65.6 Å². The molecule has 4 rings (SSSR count). The van der Waals surface area contributed by atoms with Crippen molar-refractivity contribution < 1.29 is 14.3 Å². The van der Waals surface area contributed by atoms with Crippen molar-refractivity contribution in [3.63, 3.8) is 0 Å². The molecule has 1 fully saturated rings. The highest BCUT2D eigenvalue weighted by Crippen LogP contribution is 2.41. The molecule has 1 aliphatic rings. The van der Waals surface area contributed by atoms with Crippen LogP contribution in [0.2, 0.25) is 0 Å². The quantitative estimate of drug-likeness (QED) is 0.436. The van der Waals surface area contributed by atoms with Crippen molar-refractivity contribution in [2.45, 2.75) is 0 Å². The molecule has 0 aliphatic carbocycles. The molecule has 6 heteroatoms. The normalized spacial score (nSPS) is 15.5. The predicted octanol–water partition coefficient (Wildman–Crippen LogP) is 5.26. The summed E-state index contributed by atoms with van der Waals surface area (Å²) >= 11 is 6.77. The van der Waals surface area contributed by atoms with E-state index in [1.807, 2.05) is 66.7 Å². The molecule has 4 nitrogen and oxygen atoms in total. The number of hydrogen-bond donors (Lipinski definition) is 0. The van der Waals surface area contributed by atoms with Gasteiger partial charge in [-0.2, -0.15) is 0 Å². The molecular formula is C22H17NO3S2. The first-order chi connectivity index (χ1) is 13.6. The van der Waals surface area contributed by atoms with Crippen molar-refractivity contribution in [3.8, 4) is 11.5 Å². The summed E-state index contributed by atoms with van der Waals surface area (Å²) in [7, 11) is 3.20. The van der Waals surface area contributed by atoms with Gasteiger partial charge in [0.05, 0.1) is 24.8 Å². The van der Waals surface area contributed by atoms with Gasteiger partial charge in [0, 0.05) is 5.56 Å². The highest BCUT2D eigenvalue weighted by Gasteiger charge is 2.35. The Bertz CT molecular complexity index is 1120. The Hall–Kier alpha value is -2.83. The number of hydrogen-bond acceptors (Lipinski definition) is 5. The number of carbonyl (C=O) groups is 1. The SMILES string of the molecule is COc1ccccc1N1C(=O)C(=Cc2c(OC)ccc3ccccc23)SC1=S. The molecule has 3 aromatic rings. The van der Waals surface area contributed by atoms with E-state index in [1.165, 1.54) is 16.7 Å². The molecule has 28 heavy (non-hydrogen) atoms. The van der Waals surface area contributed by atoms with Crippen molar-refractivity contribution in [1.82, 2.24) is 0 Å². The van der Waals surface area contributed by atoms with Crippen LogP contribution in [0.5, 0.6) is 11.5 Å². The molecule has 0 saturated carbocycles. The van der Waals surface area contributed by atoms with Gasteiger partial charge in [-0.15, -0.1) is 0 Å². The minimum absolute atomic E-state index is 0.172. The minimum atomic E-state index is -0.172. The molecule has 1 aliphatic heterocycles. The van der Waals surface area contributed by atoms with Crippen LogP contribution in [0.1, 0.15) is 5.56 Å². The van der Waals surface area contributed by atoms with Crippen molar-refractivity contribution in [1.29, 1.82) is 0 Å². The number of benzene rings is 3. The molecule has 0 N–H and O–H groups in total. The Labute approximate surface area is 172 Å². The lowest BCUT2D eigenvalue weighted by atomic mass is 10.0. The van der Waals surface area contributed by atoms with Gasteiger partial charge in [-0.05, 0) is 35.0 Å². The number of methoxy groups -OCH3 is 2. The van der Waals surface area contributed by atoms with E-state index in [1.54, 1.807) is 14.2 Å². The molecule has 0 atom stereocenters. The zero-order chi connectivity index (χ0) is 19.7. The molecule has 0 radical (unpaired) electrons. The van der Waals surface area contributed by atoms with Crippen LogP contribution in [0.25, 0.3) is 16.8 Å². The number of thiocarbonyl (C=S) groups is 1. The second-order valence-corrected chi connectivity index (χ2v) is 7.77. The standard InChI is InChI=1S/C22H17NO3S2/c1-25-18-12-11-14-7-3-4-8-15(14)16(18)13-20-21(24)23(22(27)28-20)17-9-5-6-10-19(17)26-2/h3-13H,1-2H3. The average Bonchev–Trinajstić information content (AvgIpc) is 3.01. The number of thioether (sulfide) groups is 1. The second-order valence-electron chi connectivity index (χ2n) is 6.09. The van der Waals surface area contributed by atoms with E-state index in [4.69, 9.17) is 21.7 Å². The van der Waals surface area contributed by atoms with Crippen LogP contribution < -0.4 is 14.4 Å². The van der Waals surface area contributed by atoms with Gasteiger partial charge in [0.15, 0.2) is 4.32 Å². The van der Waals surface area contributed by atoms with E-state index in [0.717, 1.165) is 16.3 Å². The second kappa shape index (κ2) is 7.66. The molecule has 0 aromatic heterocycles. The number of para-hydroxylation sites is 2. The molecule has 1 heterocycles. The van der Waals surface area contributed by atoms with Crippen LogP contribution in [0.3, 0.4) is 0 Å². The third-order valence-electron chi connectivity index (χ3n) is 4.55. The van der Waals surface area contributed by atoms with Crippen LogP contribution in [0, 0.1) is 0 Å². The molecular weight excluding hydrogens is 390 g/mol. The van der Waals surface area contributed by atoms with Gasteiger partial charge in [0.2, 0.25) is 0 Å². The topological polar surface area (TPSA) is 38.8 Å². The number of amides is 1. The van der Waals surface area contributed by atoms with Gasteiger partial charge >= 0.3 is 0 Å². The van der Waals surface area contributed by atoms with Gasteiger partial charge in [-0.3, -0.25) is 9.69 Å². The summed E-state index contributed by atoms with van der Waals surface area (Å²) in [5, 5.41) is 2.10.